The first-order chi connectivity index (χ1) is 5.66. The molecule has 3 nitrogen and oxygen atoms in total. The molecule has 1 atom stereocenters. The Morgan fingerprint density at radius 3 is 2.83 bits per heavy atom. The smallest absolute Gasteiger partial charge is 0.156 e. The van der Waals surface area contributed by atoms with Crippen molar-refractivity contribution in [3.05, 3.63) is 18.0 Å². The molecular formula is C9H14N2O. The van der Waals surface area contributed by atoms with Crippen LogP contribution in [0.2, 0.25) is 0 Å². The zero-order valence-corrected chi connectivity index (χ0v) is 7.74. The summed E-state index contributed by atoms with van der Waals surface area (Å²) in [6.07, 6.45) is 2.29. The number of hydrogen-bond acceptors (Lipinski definition) is 2. The van der Waals surface area contributed by atoms with Crippen LogP contribution in [0.1, 0.15) is 32.0 Å². The Morgan fingerprint density at radius 2 is 2.42 bits per heavy atom. The van der Waals surface area contributed by atoms with E-state index in [2.05, 4.69) is 5.10 Å². The molecule has 0 aromatic carbocycles. The first kappa shape index (κ1) is 8.97. The van der Waals surface area contributed by atoms with Gasteiger partial charge in [0, 0.05) is 18.3 Å². The van der Waals surface area contributed by atoms with E-state index in [1.165, 1.54) is 0 Å². The molecule has 0 fully saturated rings. The molecule has 1 unspecified atom stereocenters. The third kappa shape index (κ3) is 1.55. The number of carbonyl (C=O) groups is 1. The summed E-state index contributed by atoms with van der Waals surface area (Å²) in [4.78, 5) is 11.3. The van der Waals surface area contributed by atoms with E-state index in [1.54, 1.807) is 10.9 Å². The van der Waals surface area contributed by atoms with Gasteiger partial charge in [-0.25, -0.2) is 0 Å². The largest absolute Gasteiger partial charge is 0.297 e. The van der Waals surface area contributed by atoms with Crippen LogP contribution in [0.4, 0.5) is 0 Å². The van der Waals surface area contributed by atoms with Gasteiger partial charge < -0.3 is 0 Å². The quantitative estimate of drug-likeness (QED) is 0.685. The molecular weight excluding hydrogens is 152 g/mol. The van der Waals surface area contributed by atoms with Gasteiger partial charge in [-0.2, -0.15) is 5.10 Å². The molecule has 3 heteroatoms. The van der Waals surface area contributed by atoms with Crippen LogP contribution in [0.3, 0.4) is 0 Å². The van der Waals surface area contributed by atoms with Crippen molar-refractivity contribution in [1.82, 2.24) is 9.78 Å². The van der Waals surface area contributed by atoms with E-state index < -0.39 is 0 Å². The second-order valence-corrected chi connectivity index (χ2v) is 2.91. The minimum atomic E-state index is -0.120. The number of nitrogens with zero attached hydrogens (tertiary/aromatic N) is 2. The highest BCUT2D eigenvalue weighted by Crippen LogP contribution is 2.10. The Bertz CT molecular complexity index is 278. The summed E-state index contributed by atoms with van der Waals surface area (Å²) in [5, 5.41) is 4.08. The molecule has 1 aromatic rings. The molecule has 12 heavy (non-hydrogen) atoms. The van der Waals surface area contributed by atoms with Crippen molar-refractivity contribution in [3.8, 4) is 0 Å². The van der Waals surface area contributed by atoms with E-state index in [9.17, 15) is 4.79 Å². The van der Waals surface area contributed by atoms with Crippen LogP contribution in [-0.4, -0.2) is 15.6 Å². The number of Topliss-reactive ketones (excluding diaryl/α,β-unsaturated/α-hetero) is 1. The van der Waals surface area contributed by atoms with Gasteiger partial charge in [0.25, 0.3) is 0 Å². The highest BCUT2D eigenvalue weighted by atomic mass is 16.1. The van der Waals surface area contributed by atoms with Gasteiger partial charge in [-0.05, 0) is 19.9 Å². The fraction of sp³-hybridized carbons (Fsp3) is 0.556. The number of aromatic nitrogens is 2. The van der Waals surface area contributed by atoms with Gasteiger partial charge >= 0.3 is 0 Å². The zero-order chi connectivity index (χ0) is 9.14. The van der Waals surface area contributed by atoms with Crippen molar-refractivity contribution in [1.29, 1.82) is 0 Å². The minimum absolute atomic E-state index is 0.120. The second kappa shape index (κ2) is 3.52. The Morgan fingerprint density at radius 1 is 1.75 bits per heavy atom. The molecule has 66 valence electrons. The maximum Gasteiger partial charge on any atom is 0.156 e. The number of aryl methyl sites for hydroxylation is 1. The third-order valence-electron chi connectivity index (χ3n) is 2.05. The molecule has 0 amide bonds. The topological polar surface area (TPSA) is 34.9 Å². The van der Waals surface area contributed by atoms with E-state index in [0.717, 1.165) is 5.69 Å². The van der Waals surface area contributed by atoms with Gasteiger partial charge in [0.1, 0.15) is 6.04 Å². The van der Waals surface area contributed by atoms with Crippen molar-refractivity contribution < 1.29 is 4.79 Å². The van der Waals surface area contributed by atoms with Gasteiger partial charge in [0.15, 0.2) is 5.78 Å². The molecule has 1 rings (SSSR count). The van der Waals surface area contributed by atoms with E-state index >= 15 is 0 Å². The summed E-state index contributed by atoms with van der Waals surface area (Å²) < 4.78 is 1.76. The molecule has 0 spiro atoms. The normalized spacial score (nSPS) is 12.9. The molecule has 0 aliphatic carbocycles. The van der Waals surface area contributed by atoms with Crippen LogP contribution in [0, 0.1) is 6.92 Å². The lowest BCUT2D eigenvalue weighted by molar-refractivity contribution is -0.121. The van der Waals surface area contributed by atoms with E-state index in [-0.39, 0.29) is 11.8 Å². The lowest BCUT2D eigenvalue weighted by atomic mass is 10.2. The maximum atomic E-state index is 11.3. The Kier molecular flexibility index (Phi) is 2.63. The van der Waals surface area contributed by atoms with Gasteiger partial charge in [0.2, 0.25) is 0 Å². The van der Waals surface area contributed by atoms with Crippen molar-refractivity contribution >= 4 is 5.78 Å². The fourth-order valence-electron chi connectivity index (χ4n) is 1.22. The first-order valence-electron chi connectivity index (χ1n) is 4.19. The fourth-order valence-corrected chi connectivity index (χ4v) is 1.22. The predicted molar refractivity (Wildman–Crippen MR) is 47.0 cm³/mol. The average Bonchev–Trinajstić information content (AvgIpc) is 2.48. The maximum absolute atomic E-state index is 11.3. The lowest BCUT2D eigenvalue weighted by Crippen LogP contribution is -2.17. The molecule has 0 aliphatic rings. The summed E-state index contributed by atoms with van der Waals surface area (Å²) in [7, 11) is 0. The summed E-state index contributed by atoms with van der Waals surface area (Å²) >= 11 is 0. The van der Waals surface area contributed by atoms with Crippen molar-refractivity contribution in [3.63, 3.8) is 0 Å². The second-order valence-electron chi connectivity index (χ2n) is 2.91. The Labute approximate surface area is 72.4 Å². The highest BCUT2D eigenvalue weighted by molar-refractivity contribution is 5.81. The molecule has 0 bridgehead atoms. The number of hydrogen-bond donors (Lipinski definition) is 0. The summed E-state index contributed by atoms with van der Waals surface area (Å²) in [6, 6.07) is 1.78. The summed E-state index contributed by atoms with van der Waals surface area (Å²) in [5.41, 5.74) is 1.03. The zero-order valence-electron chi connectivity index (χ0n) is 7.74. The molecule has 1 heterocycles. The van der Waals surface area contributed by atoms with Gasteiger partial charge in [-0.3, -0.25) is 9.48 Å². The Hall–Kier alpha value is -1.12. The van der Waals surface area contributed by atoms with Crippen LogP contribution in [-0.2, 0) is 4.79 Å². The number of rotatable bonds is 3. The van der Waals surface area contributed by atoms with Gasteiger partial charge in [-0.1, -0.05) is 6.92 Å². The van der Waals surface area contributed by atoms with Crippen molar-refractivity contribution in [2.24, 2.45) is 0 Å². The Balaban J connectivity index is 2.84. The van der Waals surface area contributed by atoms with E-state index in [0.29, 0.717) is 6.42 Å². The van der Waals surface area contributed by atoms with Gasteiger partial charge in [0.05, 0.1) is 0 Å². The standard InChI is InChI=1S/C9H14N2O/c1-4-9(12)8(3)11-7(2)5-6-10-11/h5-6,8H,4H2,1-3H3. The molecule has 0 saturated heterocycles. The minimum Gasteiger partial charge on any atom is -0.297 e. The lowest BCUT2D eigenvalue weighted by Gasteiger charge is -2.11. The van der Waals surface area contributed by atoms with Crippen molar-refractivity contribution in [2.75, 3.05) is 0 Å². The highest BCUT2D eigenvalue weighted by Gasteiger charge is 2.13. The molecule has 0 aliphatic heterocycles. The van der Waals surface area contributed by atoms with Crippen molar-refractivity contribution in [2.45, 2.75) is 33.2 Å². The first-order valence-corrected chi connectivity index (χ1v) is 4.19. The SMILES string of the molecule is CCC(=O)C(C)n1nccc1C. The molecule has 0 N–H and O–H groups in total. The van der Waals surface area contributed by atoms with Crippen LogP contribution < -0.4 is 0 Å². The summed E-state index contributed by atoms with van der Waals surface area (Å²) in [6.45, 7) is 5.70. The van der Waals surface area contributed by atoms with Crippen LogP contribution in [0.25, 0.3) is 0 Å². The molecule has 1 aromatic heterocycles. The average molecular weight is 166 g/mol. The van der Waals surface area contributed by atoms with Gasteiger partial charge in [-0.15, -0.1) is 0 Å². The monoisotopic (exact) mass is 166 g/mol. The number of ketones is 1. The van der Waals surface area contributed by atoms with Crippen LogP contribution in [0.15, 0.2) is 12.3 Å². The summed E-state index contributed by atoms with van der Waals surface area (Å²) in [5.74, 6) is 0.224. The van der Waals surface area contributed by atoms with E-state index in [4.69, 9.17) is 0 Å². The number of carbonyl (C=O) groups excluding carboxylic acids is 1. The van der Waals surface area contributed by atoms with E-state index in [1.807, 2.05) is 26.8 Å². The van der Waals surface area contributed by atoms with Crippen LogP contribution >= 0.6 is 0 Å². The van der Waals surface area contributed by atoms with Crippen LogP contribution in [0.5, 0.6) is 0 Å². The molecule has 0 radical (unpaired) electrons. The predicted octanol–water partition coefficient (Wildman–Crippen LogP) is 1.73. The molecule has 0 saturated carbocycles. The third-order valence-corrected chi connectivity index (χ3v) is 2.05.